The van der Waals surface area contributed by atoms with Crippen molar-refractivity contribution >= 4 is 0 Å². The van der Waals surface area contributed by atoms with Crippen LogP contribution < -0.4 is 0 Å². The molecule has 0 aromatic rings. The van der Waals surface area contributed by atoms with Crippen LogP contribution in [0.4, 0.5) is 0 Å². The third kappa shape index (κ3) is 21.8. The largest absolute Gasteiger partial charge is 0.394 e. The van der Waals surface area contributed by atoms with Gasteiger partial charge < -0.3 is 10.2 Å². The van der Waals surface area contributed by atoms with Gasteiger partial charge in [0.1, 0.15) is 12.7 Å². The van der Waals surface area contributed by atoms with Crippen molar-refractivity contribution < 1.29 is 20.0 Å². The topological polar surface area (TPSA) is 58.9 Å². The third-order valence-corrected chi connectivity index (χ3v) is 4.56. The molecule has 0 amide bonds. The Morgan fingerprint density at radius 1 is 0.640 bits per heavy atom. The molecule has 0 fully saturated rings. The first kappa shape index (κ1) is 24.8. The fourth-order valence-electron chi connectivity index (χ4n) is 2.90. The van der Waals surface area contributed by atoms with E-state index in [1.165, 1.54) is 83.5 Å². The molecule has 2 N–H and O–H groups in total. The molecule has 0 saturated heterocycles. The maximum Gasteiger partial charge on any atom is 0.110 e. The number of aliphatic hydroxyl groups is 2. The Kier molecular flexibility index (Phi) is 20.0. The lowest BCUT2D eigenvalue weighted by Crippen LogP contribution is -2.19. The Bertz CT molecular complexity index is 246. The van der Waals surface area contributed by atoms with E-state index in [0.29, 0.717) is 6.61 Å². The molecule has 0 aliphatic rings. The molecule has 4 heteroatoms. The van der Waals surface area contributed by atoms with Crippen LogP contribution in [0.5, 0.6) is 0 Å². The zero-order valence-electron chi connectivity index (χ0n) is 16.9. The van der Waals surface area contributed by atoms with Crippen molar-refractivity contribution in [2.75, 3.05) is 19.8 Å². The highest BCUT2D eigenvalue weighted by Crippen LogP contribution is 2.14. The number of hydrogen-bond donors (Lipinski definition) is 2. The molecule has 0 aromatic heterocycles. The van der Waals surface area contributed by atoms with E-state index in [1.54, 1.807) is 0 Å². The fourth-order valence-corrected chi connectivity index (χ4v) is 2.90. The summed E-state index contributed by atoms with van der Waals surface area (Å²) in [7, 11) is 0. The maximum atomic E-state index is 9.05. The summed E-state index contributed by atoms with van der Waals surface area (Å²) >= 11 is 0. The molecule has 0 aliphatic heterocycles. The minimum Gasteiger partial charge on any atom is -0.394 e. The molecular formula is C21H44O4. The molecule has 0 saturated carbocycles. The predicted octanol–water partition coefficient (Wildman–Crippen LogP) is 5.41. The first-order chi connectivity index (χ1) is 12.2. The number of unbranched alkanes of at least 4 members (excludes halogenated alkanes) is 12. The number of rotatable bonds is 20. The van der Waals surface area contributed by atoms with Gasteiger partial charge in [0.25, 0.3) is 0 Å². The zero-order valence-corrected chi connectivity index (χ0v) is 16.9. The lowest BCUT2D eigenvalue weighted by atomic mass is 10.0. The molecular weight excluding hydrogens is 316 g/mol. The van der Waals surface area contributed by atoms with Crippen LogP contribution in [0.15, 0.2) is 0 Å². The van der Waals surface area contributed by atoms with Gasteiger partial charge in [-0.05, 0) is 12.3 Å². The lowest BCUT2D eigenvalue weighted by molar-refractivity contribution is -0.306. The third-order valence-electron chi connectivity index (χ3n) is 4.56. The minimum absolute atomic E-state index is 0.0362. The van der Waals surface area contributed by atoms with E-state index in [-0.39, 0.29) is 13.2 Å². The van der Waals surface area contributed by atoms with Crippen molar-refractivity contribution in [3.05, 3.63) is 0 Å². The Balaban J connectivity index is 3.01. The zero-order chi connectivity index (χ0) is 18.6. The van der Waals surface area contributed by atoms with Crippen molar-refractivity contribution in [3.8, 4) is 0 Å². The lowest BCUT2D eigenvalue weighted by Gasteiger charge is -2.07. The highest BCUT2D eigenvalue weighted by Gasteiger charge is 2.01. The summed E-state index contributed by atoms with van der Waals surface area (Å²) < 4.78 is 0. The van der Waals surface area contributed by atoms with Crippen molar-refractivity contribution in [1.29, 1.82) is 0 Å². The molecule has 0 rings (SSSR count). The fraction of sp³-hybridized carbons (Fsp3) is 1.00. The van der Waals surface area contributed by atoms with Gasteiger partial charge in [0, 0.05) is 0 Å². The van der Waals surface area contributed by atoms with E-state index >= 15 is 0 Å². The maximum absolute atomic E-state index is 9.05. The van der Waals surface area contributed by atoms with E-state index < -0.39 is 6.10 Å². The molecule has 25 heavy (non-hydrogen) atoms. The van der Waals surface area contributed by atoms with E-state index in [4.69, 9.17) is 20.0 Å². The molecule has 0 aliphatic carbocycles. The SMILES string of the molecule is CC(C)CCCCCCCCCCCCCCCOOCC(O)CO. The second kappa shape index (κ2) is 20.2. The van der Waals surface area contributed by atoms with Crippen molar-refractivity contribution in [2.45, 2.75) is 110 Å². The van der Waals surface area contributed by atoms with Gasteiger partial charge >= 0.3 is 0 Å². The second-order valence-electron chi connectivity index (χ2n) is 7.72. The van der Waals surface area contributed by atoms with Crippen LogP contribution in [0.3, 0.4) is 0 Å². The predicted molar refractivity (Wildman–Crippen MR) is 104 cm³/mol. The van der Waals surface area contributed by atoms with Crippen LogP contribution in [-0.4, -0.2) is 36.1 Å². The van der Waals surface area contributed by atoms with Crippen LogP contribution >= 0.6 is 0 Å². The van der Waals surface area contributed by atoms with Crippen LogP contribution in [0.2, 0.25) is 0 Å². The van der Waals surface area contributed by atoms with Crippen LogP contribution in [0, 0.1) is 5.92 Å². The Morgan fingerprint density at radius 2 is 1.08 bits per heavy atom. The highest BCUT2D eigenvalue weighted by atomic mass is 17.2. The molecule has 152 valence electrons. The second-order valence-corrected chi connectivity index (χ2v) is 7.72. The van der Waals surface area contributed by atoms with Crippen LogP contribution in [-0.2, 0) is 9.78 Å². The standard InChI is InChI=1S/C21H44O4/c1-20(2)16-14-12-10-8-6-4-3-5-7-9-11-13-15-17-24-25-19-21(23)18-22/h20-23H,3-19H2,1-2H3. The Morgan fingerprint density at radius 3 is 1.52 bits per heavy atom. The van der Waals surface area contributed by atoms with E-state index in [2.05, 4.69) is 13.8 Å². The van der Waals surface area contributed by atoms with E-state index in [0.717, 1.165) is 12.3 Å². The van der Waals surface area contributed by atoms with Crippen molar-refractivity contribution in [2.24, 2.45) is 5.92 Å². The molecule has 0 bridgehead atoms. The normalized spacial score (nSPS) is 12.8. The van der Waals surface area contributed by atoms with Gasteiger partial charge in [-0.1, -0.05) is 97.3 Å². The van der Waals surface area contributed by atoms with E-state index in [9.17, 15) is 0 Å². The van der Waals surface area contributed by atoms with E-state index in [1.807, 2.05) is 0 Å². The van der Waals surface area contributed by atoms with Gasteiger partial charge in [-0.2, -0.15) is 0 Å². The van der Waals surface area contributed by atoms with Gasteiger partial charge in [0.05, 0.1) is 13.2 Å². The van der Waals surface area contributed by atoms with Crippen LogP contribution in [0.1, 0.15) is 104 Å². The molecule has 4 nitrogen and oxygen atoms in total. The summed E-state index contributed by atoms with van der Waals surface area (Å²) in [5, 5.41) is 17.6. The van der Waals surface area contributed by atoms with Gasteiger partial charge in [-0.3, -0.25) is 0 Å². The number of aliphatic hydroxyl groups excluding tert-OH is 2. The Labute approximate surface area is 156 Å². The molecule has 0 spiro atoms. The first-order valence-electron chi connectivity index (χ1n) is 10.7. The highest BCUT2D eigenvalue weighted by molar-refractivity contribution is 4.51. The summed E-state index contributed by atoms with van der Waals surface area (Å²) in [4.78, 5) is 9.75. The minimum atomic E-state index is -0.843. The molecule has 0 aromatic carbocycles. The molecule has 1 unspecified atom stereocenters. The molecule has 0 radical (unpaired) electrons. The first-order valence-corrected chi connectivity index (χ1v) is 10.7. The average Bonchev–Trinajstić information content (AvgIpc) is 2.60. The molecule has 0 heterocycles. The summed E-state index contributed by atoms with van der Waals surface area (Å²) in [5.74, 6) is 0.867. The summed E-state index contributed by atoms with van der Waals surface area (Å²) in [5.41, 5.74) is 0. The number of hydrogen-bond acceptors (Lipinski definition) is 4. The van der Waals surface area contributed by atoms with Gasteiger partial charge in [0.15, 0.2) is 0 Å². The van der Waals surface area contributed by atoms with Gasteiger partial charge in [-0.15, -0.1) is 0 Å². The average molecular weight is 361 g/mol. The summed E-state index contributed by atoms with van der Waals surface area (Å²) in [6.07, 6.45) is 18.0. The summed E-state index contributed by atoms with van der Waals surface area (Å²) in [6, 6.07) is 0. The quantitative estimate of drug-likeness (QED) is 0.173. The monoisotopic (exact) mass is 360 g/mol. The van der Waals surface area contributed by atoms with Gasteiger partial charge in [-0.25, -0.2) is 9.78 Å². The van der Waals surface area contributed by atoms with Crippen molar-refractivity contribution in [3.63, 3.8) is 0 Å². The Hall–Kier alpha value is -0.160. The van der Waals surface area contributed by atoms with Crippen molar-refractivity contribution in [1.82, 2.24) is 0 Å². The molecule has 1 atom stereocenters. The summed E-state index contributed by atoms with van der Waals surface area (Å²) in [6.45, 7) is 4.94. The van der Waals surface area contributed by atoms with Crippen LogP contribution in [0.25, 0.3) is 0 Å². The smallest absolute Gasteiger partial charge is 0.110 e. The van der Waals surface area contributed by atoms with Gasteiger partial charge in [0.2, 0.25) is 0 Å².